The lowest BCUT2D eigenvalue weighted by Gasteiger charge is -2.31. The first-order chi connectivity index (χ1) is 10.2. The maximum Gasteiger partial charge on any atom is 0.358 e. The first kappa shape index (κ1) is 13.8. The van der Waals surface area contributed by atoms with Crippen LogP contribution in [0.15, 0.2) is 24.3 Å². The summed E-state index contributed by atoms with van der Waals surface area (Å²) in [5.74, 6) is -1.01. The second-order valence-corrected chi connectivity index (χ2v) is 5.44. The summed E-state index contributed by atoms with van der Waals surface area (Å²) in [4.78, 5) is 13.8. The minimum atomic E-state index is -1.01. The minimum absolute atomic E-state index is 0.0578. The van der Waals surface area contributed by atoms with Crippen molar-refractivity contribution >= 4 is 22.6 Å². The van der Waals surface area contributed by atoms with E-state index in [9.17, 15) is 9.90 Å². The van der Waals surface area contributed by atoms with Crippen molar-refractivity contribution in [2.45, 2.75) is 38.6 Å². The molecule has 1 N–H and O–H groups in total. The second-order valence-electron chi connectivity index (χ2n) is 5.44. The van der Waals surface area contributed by atoms with E-state index < -0.39 is 5.97 Å². The fourth-order valence-corrected chi connectivity index (χ4v) is 3.29. The third-order valence-corrected chi connectivity index (χ3v) is 4.24. The molecule has 0 atom stereocenters. The Bertz CT molecular complexity index is 666. The number of hydrogen-bond donors (Lipinski definition) is 1. The maximum absolute atomic E-state index is 11.6. The maximum atomic E-state index is 11.6. The number of carbonyl (C=O) groups is 1. The molecule has 0 aliphatic heterocycles. The molecule has 0 unspecified atom stereocenters. The molecule has 0 spiro atoms. The van der Waals surface area contributed by atoms with E-state index in [-0.39, 0.29) is 5.69 Å². The van der Waals surface area contributed by atoms with Crippen LogP contribution in [0.4, 0.5) is 5.69 Å². The Morgan fingerprint density at radius 2 is 2.00 bits per heavy atom. The molecule has 5 heteroatoms. The number of nitrogens with zero attached hydrogens (tertiary/aromatic N) is 3. The molecule has 3 rings (SSSR count). The van der Waals surface area contributed by atoms with Gasteiger partial charge in [0.1, 0.15) is 0 Å². The lowest BCUT2D eigenvalue weighted by molar-refractivity contribution is 0.0690. The van der Waals surface area contributed by atoms with Crippen LogP contribution in [0, 0.1) is 0 Å². The number of rotatable bonds is 4. The second kappa shape index (κ2) is 5.68. The summed E-state index contributed by atoms with van der Waals surface area (Å²) < 4.78 is 0. The van der Waals surface area contributed by atoms with Gasteiger partial charge in [0.05, 0.1) is 11.2 Å². The van der Waals surface area contributed by atoms with Gasteiger partial charge in [-0.2, -0.15) is 0 Å². The molecule has 1 saturated carbocycles. The van der Waals surface area contributed by atoms with Crippen LogP contribution in [0.3, 0.4) is 0 Å². The van der Waals surface area contributed by atoms with Crippen molar-refractivity contribution in [2.24, 2.45) is 0 Å². The normalized spacial score (nSPS) is 15.5. The summed E-state index contributed by atoms with van der Waals surface area (Å²) >= 11 is 0. The largest absolute Gasteiger partial charge is 0.476 e. The van der Waals surface area contributed by atoms with Gasteiger partial charge in [-0.3, -0.25) is 0 Å². The number of carboxylic acid groups (broad SMARTS) is 1. The third-order valence-electron chi connectivity index (χ3n) is 4.24. The fourth-order valence-electron chi connectivity index (χ4n) is 3.29. The smallest absolute Gasteiger partial charge is 0.358 e. The van der Waals surface area contributed by atoms with Gasteiger partial charge >= 0.3 is 5.97 Å². The summed E-state index contributed by atoms with van der Waals surface area (Å²) in [6.45, 7) is 2.85. The summed E-state index contributed by atoms with van der Waals surface area (Å²) in [6.07, 6.45) is 4.65. The molecule has 0 radical (unpaired) electrons. The van der Waals surface area contributed by atoms with E-state index in [0.717, 1.165) is 36.0 Å². The fraction of sp³-hybridized carbons (Fsp3) is 0.438. The van der Waals surface area contributed by atoms with Crippen molar-refractivity contribution in [1.82, 2.24) is 10.2 Å². The van der Waals surface area contributed by atoms with Crippen molar-refractivity contribution in [3.8, 4) is 0 Å². The van der Waals surface area contributed by atoms with E-state index in [1.165, 1.54) is 12.8 Å². The molecule has 21 heavy (non-hydrogen) atoms. The Labute approximate surface area is 123 Å². The molecule has 0 amide bonds. The van der Waals surface area contributed by atoms with Gasteiger partial charge in [0.2, 0.25) is 0 Å². The van der Waals surface area contributed by atoms with E-state index >= 15 is 0 Å². The number of benzene rings is 1. The highest BCUT2D eigenvalue weighted by Gasteiger charge is 2.28. The predicted molar refractivity (Wildman–Crippen MR) is 81.8 cm³/mol. The summed E-state index contributed by atoms with van der Waals surface area (Å²) in [6, 6.07) is 8.03. The van der Waals surface area contributed by atoms with E-state index in [4.69, 9.17) is 0 Å². The number of fused-ring (bicyclic) bond motifs is 1. The van der Waals surface area contributed by atoms with Gasteiger partial charge in [-0.25, -0.2) is 4.79 Å². The van der Waals surface area contributed by atoms with Gasteiger partial charge in [-0.1, -0.05) is 31.0 Å². The van der Waals surface area contributed by atoms with Crippen LogP contribution in [0.1, 0.15) is 43.1 Å². The highest BCUT2D eigenvalue weighted by molar-refractivity contribution is 6.02. The van der Waals surface area contributed by atoms with Gasteiger partial charge < -0.3 is 10.0 Å². The topological polar surface area (TPSA) is 66.3 Å². The van der Waals surface area contributed by atoms with Crippen LogP contribution in [0.2, 0.25) is 0 Å². The Morgan fingerprint density at radius 1 is 1.29 bits per heavy atom. The van der Waals surface area contributed by atoms with Gasteiger partial charge in [-0.15, -0.1) is 10.2 Å². The Hall–Kier alpha value is -2.17. The first-order valence-corrected chi connectivity index (χ1v) is 7.47. The monoisotopic (exact) mass is 285 g/mol. The minimum Gasteiger partial charge on any atom is -0.476 e. The van der Waals surface area contributed by atoms with Crippen LogP contribution in [-0.2, 0) is 0 Å². The van der Waals surface area contributed by atoms with E-state index in [2.05, 4.69) is 22.0 Å². The number of carboxylic acids is 1. The molecule has 0 bridgehead atoms. The lowest BCUT2D eigenvalue weighted by atomic mass is 10.1. The van der Waals surface area contributed by atoms with Crippen molar-refractivity contribution < 1.29 is 9.90 Å². The SMILES string of the molecule is CCN(c1c(C(=O)O)nnc2ccccc12)C1CCCC1. The predicted octanol–water partition coefficient (Wildman–Crippen LogP) is 3.10. The Morgan fingerprint density at radius 3 is 2.67 bits per heavy atom. The van der Waals surface area contributed by atoms with Gasteiger partial charge in [0, 0.05) is 18.0 Å². The van der Waals surface area contributed by atoms with Crippen LogP contribution in [0.5, 0.6) is 0 Å². The molecule has 1 heterocycles. The molecule has 1 fully saturated rings. The first-order valence-electron chi connectivity index (χ1n) is 7.47. The molecule has 2 aromatic rings. The Kier molecular flexibility index (Phi) is 3.73. The Balaban J connectivity index is 2.21. The van der Waals surface area contributed by atoms with Crippen LogP contribution in [-0.4, -0.2) is 33.9 Å². The quantitative estimate of drug-likeness (QED) is 0.935. The molecular formula is C16H19N3O2. The van der Waals surface area contributed by atoms with E-state index in [0.29, 0.717) is 6.04 Å². The van der Waals surface area contributed by atoms with E-state index in [1.54, 1.807) is 0 Å². The molecular weight excluding hydrogens is 266 g/mol. The van der Waals surface area contributed by atoms with Crippen molar-refractivity contribution in [2.75, 3.05) is 11.4 Å². The standard InChI is InChI=1S/C16H19N3O2/c1-2-19(11-7-3-4-8-11)15-12-9-5-6-10-13(12)17-18-14(15)16(20)21/h5-6,9-11H,2-4,7-8H2,1H3,(H,20,21). The molecule has 1 aliphatic rings. The van der Waals surface area contributed by atoms with Gasteiger partial charge in [-0.05, 0) is 25.8 Å². The van der Waals surface area contributed by atoms with Gasteiger partial charge in [0.25, 0.3) is 0 Å². The molecule has 110 valence electrons. The summed E-state index contributed by atoms with van der Waals surface area (Å²) in [7, 11) is 0. The molecule has 5 nitrogen and oxygen atoms in total. The zero-order valence-electron chi connectivity index (χ0n) is 12.1. The highest BCUT2D eigenvalue weighted by Crippen LogP contribution is 2.34. The van der Waals surface area contributed by atoms with Crippen molar-refractivity contribution in [1.29, 1.82) is 0 Å². The van der Waals surface area contributed by atoms with Crippen LogP contribution < -0.4 is 4.90 Å². The third kappa shape index (κ3) is 2.44. The molecule has 1 aliphatic carbocycles. The lowest BCUT2D eigenvalue weighted by Crippen LogP contribution is -2.34. The number of hydrogen-bond acceptors (Lipinski definition) is 4. The zero-order valence-corrected chi connectivity index (χ0v) is 12.1. The molecule has 1 aromatic heterocycles. The molecule has 0 saturated heterocycles. The highest BCUT2D eigenvalue weighted by atomic mass is 16.4. The molecule has 1 aromatic carbocycles. The van der Waals surface area contributed by atoms with Crippen molar-refractivity contribution in [3.05, 3.63) is 30.0 Å². The van der Waals surface area contributed by atoms with Crippen LogP contribution >= 0.6 is 0 Å². The van der Waals surface area contributed by atoms with Gasteiger partial charge in [0.15, 0.2) is 5.69 Å². The zero-order chi connectivity index (χ0) is 14.8. The summed E-state index contributed by atoms with van der Waals surface area (Å²) in [5, 5.41) is 18.4. The van der Waals surface area contributed by atoms with E-state index in [1.807, 2.05) is 24.3 Å². The number of anilines is 1. The number of aromatic nitrogens is 2. The van der Waals surface area contributed by atoms with Crippen molar-refractivity contribution in [3.63, 3.8) is 0 Å². The average molecular weight is 285 g/mol. The average Bonchev–Trinajstić information content (AvgIpc) is 3.02. The van der Waals surface area contributed by atoms with Crippen LogP contribution in [0.25, 0.3) is 10.9 Å². The number of aromatic carboxylic acids is 1. The summed E-state index contributed by atoms with van der Waals surface area (Å²) in [5.41, 5.74) is 1.53.